The molecule has 7 nitrogen and oxygen atoms in total. The van der Waals surface area contributed by atoms with E-state index in [1.165, 1.54) is 0 Å². The Hall–Kier alpha value is -3.03. The van der Waals surface area contributed by atoms with Crippen molar-refractivity contribution in [2.24, 2.45) is 0 Å². The van der Waals surface area contributed by atoms with Gasteiger partial charge in [0.15, 0.2) is 11.5 Å². The van der Waals surface area contributed by atoms with E-state index in [1.54, 1.807) is 33.5 Å². The van der Waals surface area contributed by atoms with Gasteiger partial charge in [-0.2, -0.15) is 0 Å². The number of methoxy groups -OCH3 is 3. The average Bonchev–Trinajstić information content (AvgIpc) is 2.78. The Bertz CT molecular complexity index is 1110. The lowest BCUT2D eigenvalue weighted by atomic mass is 10.0. The molecule has 0 saturated heterocycles. The van der Waals surface area contributed by atoms with E-state index in [9.17, 15) is 4.79 Å². The fourth-order valence-corrected chi connectivity index (χ4v) is 3.72. The minimum Gasteiger partial charge on any atom is -0.493 e. The van der Waals surface area contributed by atoms with Gasteiger partial charge in [0, 0.05) is 32.2 Å². The molecule has 0 spiro atoms. The van der Waals surface area contributed by atoms with Gasteiger partial charge in [-0.15, -0.1) is 0 Å². The minimum absolute atomic E-state index is 0.403. The summed E-state index contributed by atoms with van der Waals surface area (Å²) >= 11 is 0. The first-order valence-corrected chi connectivity index (χ1v) is 9.81. The topological polar surface area (TPSA) is 70.4 Å². The van der Waals surface area contributed by atoms with Crippen LogP contribution in [0.3, 0.4) is 0 Å². The summed E-state index contributed by atoms with van der Waals surface area (Å²) in [6.07, 6.45) is 0.910. The first-order valence-electron chi connectivity index (χ1n) is 9.81. The van der Waals surface area contributed by atoms with Gasteiger partial charge >= 0.3 is 5.63 Å². The Kier molecular flexibility index (Phi) is 5.92. The summed E-state index contributed by atoms with van der Waals surface area (Å²) in [7, 11) is 4.83. The van der Waals surface area contributed by atoms with Crippen LogP contribution >= 0.6 is 0 Å². The SMILES string of the molecule is COCCCN1COc2ccc3cc(-c4ccc(OC)c(OC)c4)c(=O)oc3c2C1. The van der Waals surface area contributed by atoms with Crippen molar-refractivity contribution in [3.8, 4) is 28.4 Å². The summed E-state index contributed by atoms with van der Waals surface area (Å²) in [6, 6.07) is 11.1. The molecule has 30 heavy (non-hydrogen) atoms. The van der Waals surface area contributed by atoms with Crippen molar-refractivity contribution in [3.05, 3.63) is 52.4 Å². The van der Waals surface area contributed by atoms with E-state index in [2.05, 4.69) is 4.90 Å². The fraction of sp³-hybridized carbons (Fsp3) is 0.348. The molecular formula is C23H25NO6. The van der Waals surface area contributed by atoms with Gasteiger partial charge in [0.05, 0.1) is 25.3 Å². The number of hydrogen-bond donors (Lipinski definition) is 0. The van der Waals surface area contributed by atoms with Crippen LogP contribution in [0.25, 0.3) is 22.1 Å². The van der Waals surface area contributed by atoms with E-state index in [-0.39, 0.29) is 0 Å². The van der Waals surface area contributed by atoms with Crippen LogP contribution in [0.4, 0.5) is 0 Å². The molecule has 0 atom stereocenters. The van der Waals surface area contributed by atoms with Crippen LogP contribution in [0, 0.1) is 0 Å². The Morgan fingerprint density at radius 1 is 1.03 bits per heavy atom. The van der Waals surface area contributed by atoms with E-state index in [0.29, 0.717) is 48.1 Å². The van der Waals surface area contributed by atoms with Gasteiger partial charge in [0.1, 0.15) is 18.1 Å². The highest BCUT2D eigenvalue weighted by atomic mass is 16.5. The Balaban J connectivity index is 1.72. The molecule has 2 aromatic carbocycles. The van der Waals surface area contributed by atoms with E-state index >= 15 is 0 Å². The molecule has 0 N–H and O–H groups in total. The van der Waals surface area contributed by atoms with Crippen LogP contribution < -0.4 is 19.8 Å². The number of benzene rings is 2. The Labute approximate surface area is 174 Å². The van der Waals surface area contributed by atoms with Crippen molar-refractivity contribution in [3.63, 3.8) is 0 Å². The molecule has 0 fully saturated rings. The summed E-state index contributed by atoms with van der Waals surface area (Å²) in [6.45, 7) is 2.71. The lowest BCUT2D eigenvalue weighted by Crippen LogP contribution is -2.33. The van der Waals surface area contributed by atoms with Gasteiger partial charge < -0.3 is 23.4 Å². The highest BCUT2D eigenvalue weighted by Gasteiger charge is 2.22. The summed E-state index contributed by atoms with van der Waals surface area (Å²) in [5.41, 5.74) is 2.24. The van der Waals surface area contributed by atoms with E-state index in [0.717, 1.165) is 29.7 Å². The van der Waals surface area contributed by atoms with Gasteiger partial charge in [-0.25, -0.2) is 4.79 Å². The van der Waals surface area contributed by atoms with Crippen molar-refractivity contribution >= 4 is 11.0 Å². The smallest absolute Gasteiger partial charge is 0.344 e. The predicted octanol–water partition coefficient (Wildman–Crippen LogP) is 3.67. The van der Waals surface area contributed by atoms with Crippen LogP contribution in [-0.4, -0.2) is 46.1 Å². The second-order valence-electron chi connectivity index (χ2n) is 7.15. The molecule has 0 aliphatic carbocycles. The van der Waals surface area contributed by atoms with Crippen LogP contribution in [0.1, 0.15) is 12.0 Å². The fourth-order valence-electron chi connectivity index (χ4n) is 3.72. The molecular weight excluding hydrogens is 386 g/mol. The van der Waals surface area contributed by atoms with Gasteiger partial charge in [0.25, 0.3) is 0 Å². The molecule has 0 bridgehead atoms. The highest BCUT2D eigenvalue weighted by Crippen LogP contribution is 2.35. The zero-order valence-electron chi connectivity index (χ0n) is 17.4. The summed E-state index contributed by atoms with van der Waals surface area (Å²) in [5, 5.41) is 0.848. The van der Waals surface area contributed by atoms with Crippen molar-refractivity contribution in [1.82, 2.24) is 4.90 Å². The first kappa shape index (κ1) is 20.3. The van der Waals surface area contributed by atoms with Gasteiger partial charge in [-0.1, -0.05) is 6.07 Å². The summed E-state index contributed by atoms with van der Waals surface area (Å²) < 4.78 is 27.4. The Morgan fingerprint density at radius 2 is 1.87 bits per heavy atom. The van der Waals surface area contributed by atoms with Crippen molar-refractivity contribution in [2.45, 2.75) is 13.0 Å². The zero-order chi connectivity index (χ0) is 21.1. The predicted molar refractivity (Wildman–Crippen MR) is 113 cm³/mol. The maximum atomic E-state index is 12.9. The second-order valence-corrected chi connectivity index (χ2v) is 7.15. The lowest BCUT2D eigenvalue weighted by molar-refractivity contribution is 0.0837. The minimum atomic E-state index is -0.403. The van der Waals surface area contributed by atoms with Gasteiger partial charge in [0.2, 0.25) is 0 Å². The number of fused-ring (bicyclic) bond motifs is 3. The van der Waals surface area contributed by atoms with Crippen LogP contribution in [0.15, 0.2) is 45.6 Å². The van der Waals surface area contributed by atoms with Crippen molar-refractivity contribution in [1.29, 1.82) is 0 Å². The number of ether oxygens (including phenoxy) is 4. The van der Waals surface area contributed by atoms with Crippen molar-refractivity contribution < 1.29 is 23.4 Å². The summed E-state index contributed by atoms with van der Waals surface area (Å²) in [5.74, 6) is 1.92. The van der Waals surface area contributed by atoms with E-state index in [1.807, 2.05) is 24.3 Å². The molecule has 1 aromatic heterocycles. The number of hydrogen-bond acceptors (Lipinski definition) is 7. The van der Waals surface area contributed by atoms with Crippen LogP contribution in [0.2, 0.25) is 0 Å². The molecule has 0 unspecified atom stereocenters. The zero-order valence-corrected chi connectivity index (χ0v) is 17.4. The third-order valence-electron chi connectivity index (χ3n) is 5.26. The molecule has 1 aliphatic heterocycles. The molecule has 1 aliphatic rings. The largest absolute Gasteiger partial charge is 0.493 e. The van der Waals surface area contributed by atoms with Gasteiger partial charge in [-0.05, 0) is 42.3 Å². The van der Waals surface area contributed by atoms with Crippen LogP contribution in [-0.2, 0) is 11.3 Å². The molecule has 0 saturated carbocycles. The summed E-state index contributed by atoms with van der Waals surface area (Å²) in [4.78, 5) is 15.0. The highest BCUT2D eigenvalue weighted by molar-refractivity contribution is 5.86. The number of nitrogens with zero attached hydrogens (tertiary/aromatic N) is 1. The molecule has 158 valence electrons. The molecule has 2 heterocycles. The third kappa shape index (κ3) is 3.86. The second kappa shape index (κ2) is 8.77. The van der Waals surface area contributed by atoms with E-state index in [4.69, 9.17) is 23.4 Å². The van der Waals surface area contributed by atoms with Gasteiger partial charge in [-0.3, -0.25) is 4.90 Å². The monoisotopic (exact) mass is 411 g/mol. The molecule has 0 radical (unpaired) electrons. The molecule has 7 heteroatoms. The maximum absolute atomic E-state index is 12.9. The quantitative estimate of drug-likeness (QED) is 0.434. The lowest BCUT2D eigenvalue weighted by Gasteiger charge is -2.29. The Morgan fingerprint density at radius 3 is 2.63 bits per heavy atom. The standard InChI is InChI=1S/C23H25NO6/c1-26-10-4-9-24-13-18-19(29-14-24)7-6-16-11-17(23(25)30-22(16)18)15-5-8-20(27-2)21(12-15)28-3/h5-8,11-12H,4,9-10,13-14H2,1-3H3. The first-order chi connectivity index (χ1) is 14.6. The third-order valence-corrected chi connectivity index (χ3v) is 5.26. The average molecular weight is 411 g/mol. The van der Waals surface area contributed by atoms with E-state index < -0.39 is 5.63 Å². The van der Waals surface area contributed by atoms with Crippen LogP contribution in [0.5, 0.6) is 17.2 Å². The van der Waals surface area contributed by atoms with Crippen molar-refractivity contribution in [2.75, 3.05) is 41.2 Å². The molecule has 3 aromatic rings. The molecule has 0 amide bonds. The normalized spacial score (nSPS) is 13.7. The maximum Gasteiger partial charge on any atom is 0.344 e. The molecule has 4 rings (SSSR count). The number of rotatable bonds is 7.